The highest BCUT2D eigenvalue weighted by molar-refractivity contribution is 5.62. The smallest absolute Gasteiger partial charge is 0.219 e. The van der Waals surface area contributed by atoms with Crippen LogP contribution in [-0.4, -0.2) is 9.97 Å². The Morgan fingerprint density at radius 1 is 1.00 bits per heavy atom. The number of anilines is 1. The van der Waals surface area contributed by atoms with E-state index in [1.54, 1.807) is 12.4 Å². The minimum Gasteiger partial charge on any atom is -0.368 e. The Labute approximate surface area is 109 Å². The number of aromatic nitrogens is 2. The van der Waals surface area contributed by atoms with Gasteiger partial charge in [-0.3, -0.25) is 0 Å². The summed E-state index contributed by atoms with van der Waals surface area (Å²) >= 11 is 0. The quantitative estimate of drug-likeness (QED) is 0.871. The molecule has 1 heterocycles. The van der Waals surface area contributed by atoms with Crippen molar-refractivity contribution in [1.29, 1.82) is 0 Å². The molecule has 0 atom stereocenters. The SMILES string of the molecule is CC.CC(C)c1cccc(-c2cnc(N)nc2)c1. The van der Waals surface area contributed by atoms with Gasteiger partial charge in [0.15, 0.2) is 0 Å². The van der Waals surface area contributed by atoms with Crippen molar-refractivity contribution in [1.82, 2.24) is 9.97 Å². The van der Waals surface area contributed by atoms with Crippen LogP contribution in [0, 0.1) is 0 Å². The lowest BCUT2D eigenvalue weighted by molar-refractivity contribution is 0.867. The summed E-state index contributed by atoms with van der Waals surface area (Å²) in [6.45, 7) is 8.36. The molecule has 2 rings (SSSR count). The fourth-order valence-electron chi connectivity index (χ4n) is 1.56. The van der Waals surface area contributed by atoms with Gasteiger partial charge >= 0.3 is 0 Å². The first kappa shape index (κ1) is 14.2. The van der Waals surface area contributed by atoms with Crippen LogP contribution in [0.3, 0.4) is 0 Å². The van der Waals surface area contributed by atoms with Gasteiger partial charge < -0.3 is 5.73 Å². The molecular formula is C15H21N3. The second-order valence-corrected chi connectivity index (χ2v) is 4.11. The van der Waals surface area contributed by atoms with Gasteiger partial charge in [-0.05, 0) is 17.0 Å². The monoisotopic (exact) mass is 243 g/mol. The molecule has 0 aliphatic heterocycles. The molecule has 0 saturated carbocycles. The molecular weight excluding hydrogens is 222 g/mol. The predicted molar refractivity (Wildman–Crippen MR) is 77.3 cm³/mol. The highest BCUT2D eigenvalue weighted by atomic mass is 15.0. The molecule has 3 heteroatoms. The molecule has 0 bridgehead atoms. The molecule has 3 nitrogen and oxygen atoms in total. The molecule has 18 heavy (non-hydrogen) atoms. The molecule has 1 aromatic carbocycles. The lowest BCUT2D eigenvalue weighted by Gasteiger charge is -2.07. The van der Waals surface area contributed by atoms with E-state index < -0.39 is 0 Å². The molecule has 0 saturated heterocycles. The zero-order chi connectivity index (χ0) is 13.5. The van der Waals surface area contributed by atoms with Crippen LogP contribution < -0.4 is 5.73 Å². The summed E-state index contributed by atoms with van der Waals surface area (Å²) in [5, 5.41) is 0. The molecule has 0 radical (unpaired) electrons. The lowest BCUT2D eigenvalue weighted by Crippen LogP contribution is -1.94. The van der Waals surface area contributed by atoms with E-state index in [-0.39, 0.29) is 0 Å². The van der Waals surface area contributed by atoms with Gasteiger partial charge in [0, 0.05) is 18.0 Å². The summed E-state index contributed by atoms with van der Waals surface area (Å²) in [7, 11) is 0. The van der Waals surface area contributed by atoms with Crippen molar-refractivity contribution in [2.45, 2.75) is 33.6 Å². The van der Waals surface area contributed by atoms with Crippen LogP contribution in [0.15, 0.2) is 36.7 Å². The third-order valence-corrected chi connectivity index (χ3v) is 2.56. The first-order valence-electron chi connectivity index (χ1n) is 6.34. The van der Waals surface area contributed by atoms with Gasteiger partial charge in [0.05, 0.1) is 0 Å². The van der Waals surface area contributed by atoms with Crippen molar-refractivity contribution in [3.8, 4) is 11.1 Å². The van der Waals surface area contributed by atoms with Crippen molar-refractivity contribution in [3.05, 3.63) is 42.2 Å². The molecule has 2 N–H and O–H groups in total. The molecule has 0 fully saturated rings. The lowest BCUT2D eigenvalue weighted by atomic mass is 9.99. The summed E-state index contributed by atoms with van der Waals surface area (Å²) in [6, 6.07) is 8.41. The normalized spacial score (nSPS) is 9.83. The molecule has 0 amide bonds. The van der Waals surface area contributed by atoms with Gasteiger partial charge in [0.25, 0.3) is 0 Å². The van der Waals surface area contributed by atoms with Gasteiger partial charge in [0.2, 0.25) is 5.95 Å². The van der Waals surface area contributed by atoms with E-state index in [1.165, 1.54) is 5.56 Å². The van der Waals surface area contributed by atoms with E-state index in [1.807, 2.05) is 13.8 Å². The number of hydrogen-bond donors (Lipinski definition) is 1. The van der Waals surface area contributed by atoms with Gasteiger partial charge in [-0.2, -0.15) is 0 Å². The van der Waals surface area contributed by atoms with Crippen molar-refractivity contribution >= 4 is 5.95 Å². The van der Waals surface area contributed by atoms with E-state index >= 15 is 0 Å². The van der Waals surface area contributed by atoms with Crippen LogP contribution in [0.5, 0.6) is 0 Å². The number of nitrogen functional groups attached to an aromatic ring is 1. The molecule has 0 aliphatic carbocycles. The minimum absolute atomic E-state index is 0.309. The highest BCUT2D eigenvalue weighted by Gasteiger charge is 2.02. The predicted octanol–water partition coefficient (Wildman–Crippen LogP) is 3.88. The number of hydrogen-bond acceptors (Lipinski definition) is 3. The van der Waals surface area contributed by atoms with Gasteiger partial charge in [-0.15, -0.1) is 0 Å². The Bertz CT molecular complexity index is 475. The zero-order valence-corrected chi connectivity index (χ0v) is 11.5. The van der Waals surface area contributed by atoms with Crippen molar-refractivity contribution in [2.75, 3.05) is 5.73 Å². The van der Waals surface area contributed by atoms with Gasteiger partial charge in [-0.1, -0.05) is 52.0 Å². The third kappa shape index (κ3) is 3.55. The fourth-order valence-corrected chi connectivity index (χ4v) is 1.56. The molecule has 0 unspecified atom stereocenters. The standard InChI is InChI=1S/C13H15N3.C2H6/c1-9(2)10-4-3-5-11(6-10)12-7-15-13(14)16-8-12;1-2/h3-9H,1-2H3,(H2,14,15,16);1-2H3. The van der Waals surface area contributed by atoms with Crippen LogP contribution in [0.2, 0.25) is 0 Å². The summed E-state index contributed by atoms with van der Waals surface area (Å²) < 4.78 is 0. The Kier molecular flexibility index (Phi) is 5.31. The van der Waals surface area contributed by atoms with E-state index in [4.69, 9.17) is 5.73 Å². The van der Waals surface area contributed by atoms with Gasteiger partial charge in [0.1, 0.15) is 0 Å². The summed E-state index contributed by atoms with van der Waals surface area (Å²) in [4.78, 5) is 7.99. The topological polar surface area (TPSA) is 51.8 Å². The number of benzene rings is 1. The van der Waals surface area contributed by atoms with Crippen LogP contribution in [0.1, 0.15) is 39.2 Å². The number of rotatable bonds is 2. The fraction of sp³-hybridized carbons (Fsp3) is 0.333. The van der Waals surface area contributed by atoms with E-state index in [0.717, 1.165) is 11.1 Å². The highest BCUT2D eigenvalue weighted by Crippen LogP contribution is 2.22. The first-order chi connectivity index (χ1) is 8.66. The van der Waals surface area contributed by atoms with Crippen LogP contribution in [0.4, 0.5) is 5.95 Å². The Hall–Kier alpha value is -1.90. The summed E-state index contributed by atoms with van der Waals surface area (Å²) in [6.07, 6.45) is 3.50. The van der Waals surface area contributed by atoms with Crippen molar-refractivity contribution < 1.29 is 0 Å². The van der Waals surface area contributed by atoms with E-state index in [0.29, 0.717) is 11.9 Å². The molecule has 1 aromatic heterocycles. The Morgan fingerprint density at radius 2 is 1.61 bits per heavy atom. The first-order valence-corrected chi connectivity index (χ1v) is 6.34. The number of nitrogens with two attached hydrogens (primary N) is 1. The van der Waals surface area contributed by atoms with E-state index in [2.05, 4.69) is 48.1 Å². The maximum Gasteiger partial charge on any atom is 0.219 e. The zero-order valence-electron chi connectivity index (χ0n) is 11.5. The third-order valence-electron chi connectivity index (χ3n) is 2.56. The Balaban J connectivity index is 0.000000771. The van der Waals surface area contributed by atoms with Crippen LogP contribution in [-0.2, 0) is 0 Å². The Morgan fingerprint density at radius 3 is 2.17 bits per heavy atom. The maximum atomic E-state index is 5.46. The van der Waals surface area contributed by atoms with Gasteiger partial charge in [-0.25, -0.2) is 9.97 Å². The minimum atomic E-state index is 0.309. The van der Waals surface area contributed by atoms with Crippen molar-refractivity contribution in [2.24, 2.45) is 0 Å². The molecule has 2 aromatic rings. The second kappa shape index (κ2) is 6.74. The average molecular weight is 243 g/mol. The van der Waals surface area contributed by atoms with Crippen molar-refractivity contribution in [3.63, 3.8) is 0 Å². The molecule has 0 spiro atoms. The average Bonchev–Trinajstić information content (AvgIpc) is 2.42. The molecule has 96 valence electrons. The van der Waals surface area contributed by atoms with Crippen LogP contribution in [0.25, 0.3) is 11.1 Å². The molecule has 0 aliphatic rings. The van der Waals surface area contributed by atoms with E-state index in [9.17, 15) is 0 Å². The summed E-state index contributed by atoms with van der Waals surface area (Å²) in [5.74, 6) is 0.832. The maximum absolute atomic E-state index is 5.46. The largest absolute Gasteiger partial charge is 0.368 e. The summed E-state index contributed by atoms with van der Waals surface area (Å²) in [5.41, 5.74) is 8.90. The second-order valence-electron chi connectivity index (χ2n) is 4.11. The number of nitrogens with zero attached hydrogens (tertiary/aromatic N) is 2. The van der Waals surface area contributed by atoms with Crippen LogP contribution >= 0.6 is 0 Å².